The molecule has 1 aromatic heterocycles. The Morgan fingerprint density at radius 3 is 2.69 bits per heavy atom. The molecule has 0 saturated carbocycles. The zero-order chi connectivity index (χ0) is 21.5. The predicted molar refractivity (Wildman–Crippen MR) is 104 cm³/mol. The first kappa shape index (κ1) is 21.1. The van der Waals surface area contributed by atoms with Crippen molar-refractivity contribution in [2.24, 2.45) is 7.05 Å². The van der Waals surface area contributed by atoms with Crippen molar-refractivity contribution in [1.82, 2.24) is 15.1 Å². The summed E-state index contributed by atoms with van der Waals surface area (Å²) in [4.78, 5) is 12.0. The van der Waals surface area contributed by atoms with Crippen molar-refractivity contribution in [3.8, 4) is 0 Å². The topological polar surface area (TPSA) is 93.2 Å². The Balaban J connectivity index is 2.38. The first-order valence-electron chi connectivity index (χ1n) is 8.52. The van der Waals surface area contributed by atoms with Gasteiger partial charge in [0.15, 0.2) is 12.0 Å². The van der Waals surface area contributed by atoms with E-state index in [0.717, 1.165) is 12.1 Å². The Hall–Kier alpha value is -2.62. The molecule has 0 bridgehead atoms. The highest BCUT2D eigenvalue weighted by molar-refractivity contribution is 6.31. The summed E-state index contributed by atoms with van der Waals surface area (Å²) in [5.74, 6) is -0.664. The van der Waals surface area contributed by atoms with Gasteiger partial charge in [0.05, 0.1) is 17.7 Å². The molecule has 0 saturated heterocycles. The van der Waals surface area contributed by atoms with E-state index >= 15 is 0 Å². The van der Waals surface area contributed by atoms with Gasteiger partial charge in [0.25, 0.3) is 0 Å². The molecule has 0 spiro atoms. The number of hydrogen-bond acceptors (Lipinski definition) is 5. The standard InChI is InChI=1S/C19H18ClF3N4O2/c1-25-19(29,12-5-9(21)3-4-13(12)20)17-11(8-28)18-10(6-14(17)24)15(7-16(22)23)27(2)26-18/h3-6,8,16,25,29H,7,24H2,1-2H3. The Labute approximate surface area is 169 Å². The molecule has 0 aliphatic rings. The fraction of sp³-hybridized carbons (Fsp3) is 0.263. The fourth-order valence-electron chi connectivity index (χ4n) is 3.50. The second-order valence-corrected chi connectivity index (χ2v) is 6.93. The lowest BCUT2D eigenvalue weighted by molar-refractivity contribution is 0.0513. The minimum Gasteiger partial charge on any atom is -0.398 e. The number of aromatic nitrogens is 2. The van der Waals surface area contributed by atoms with Crippen LogP contribution in [-0.2, 0) is 19.2 Å². The van der Waals surface area contributed by atoms with E-state index in [1.165, 1.54) is 30.9 Å². The van der Waals surface area contributed by atoms with Crippen molar-refractivity contribution in [2.45, 2.75) is 18.6 Å². The SMILES string of the molecule is CNC(O)(c1cc(F)ccc1Cl)c1c(N)cc2c(CC(F)F)n(C)nc2c1C=O. The largest absolute Gasteiger partial charge is 0.398 e. The van der Waals surface area contributed by atoms with Crippen LogP contribution in [0.25, 0.3) is 10.9 Å². The van der Waals surface area contributed by atoms with Gasteiger partial charge in [0.2, 0.25) is 6.43 Å². The van der Waals surface area contributed by atoms with Crippen LogP contribution in [0.15, 0.2) is 24.3 Å². The third-order valence-corrected chi connectivity index (χ3v) is 5.16. The molecule has 0 aliphatic heterocycles. The number of nitrogens with two attached hydrogens (primary N) is 1. The van der Waals surface area contributed by atoms with Crippen LogP contribution in [0.4, 0.5) is 18.9 Å². The maximum Gasteiger partial charge on any atom is 0.244 e. The smallest absolute Gasteiger partial charge is 0.244 e. The van der Waals surface area contributed by atoms with E-state index in [2.05, 4.69) is 10.4 Å². The van der Waals surface area contributed by atoms with Crippen molar-refractivity contribution in [1.29, 1.82) is 0 Å². The summed E-state index contributed by atoms with van der Waals surface area (Å²) < 4.78 is 41.0. The van der Waals surface area contributed by atoms with Gasteiger partial charge < -0.3 is 10.8 Å². The molecule has 6 nitrogen and oxygen atoms in total. The molecular formula is C19H18ClF3N4O2. The molecule has 10 heteroatoms. The molecule has 0 amide bonds. The van der Waals surface area contributed by atoms with Crippen LogP contribution in [0.3, 0.4) is 0 Å². The second-order valence-electron chi connectivity index (χ2n) is 6.52. The van der Waals surface area contributed by atoms with Crippen molar-refractivity contribution < 1.29 is 23.1 Å². The number of rotatable bonds is 6. The third-order valence-electron chi connectivity index (χ3n) is 4.83. The summed E-state index contributed by atoms with van der Waals surface area (Å²) in [6, 6.07) is 4.74. The number of halogens is 4. The molecule has 0 aliphatic carbocycles. The van der Waals surface area contributed by atoms with Gasteiger partial charge >= 0.3 is 0 Å². The van der Waals surface area contributed by atoms with Crippen LogP contribution in [0.5, 0.6) is 0 Å². The molecule has 29 heavy (non-hydrogen) atoms. The number of carbonyl (C=O) groups is 1. The Kier molecular flexibility index (Phi) is 5.57. The zero-order valence-electron chi connectivity index (χ0n) is 15.5. The lowest BCUT2D eigenvalue weighted by atomic mass is 9.88. The molecule has 4 N–H and O–H groups in total. The molecule has 3 aromatic rings. The number of hydrogen-bond donors (Lipinski definition) is 3. The van der Waals surface area contributed by atoms with E-state index in [-0.39, 0.29) is 44.0 Å². The van der Waals surface area contributed by atoms with E-state index in [0.29, 0.717) is 6.29 Å². The van der Waals surface area contributed by atoms with Gasteiger partial charge in [-0.25, -0.2) is 13.2 Å². The van der Waals surface area contributed by atoms with Crippen molar-refractivity contribution in [3.63, 3.8) is 0 Å². The second kappa shape index (κ2) is 7.66. The highest BCUT2D eigenvalue weighted by atomic mass is 35.5. The lowest BCUT2D eigenvalue weighted by Crippen LogP contribution is -2.43. The van der Waals surface area contributed by atoms with Gasteiger partial charge in [-0.1, -0.05) is 11.6 Å². The van der Waals surface area contributed by atoms with Crippen LogP contribution in [0, 0.1) is 5.82 Å². The van der Waals surface area contributed by atoms with Gasteiger partial charge in [0.1, 0.15) is 11.3 Å². The van der Waals surface area contributed by atoms with Crippen LogP contribution in [-0.4, -0.2) is 34.6 Å². The number of anilines is 1. The Morgan fingerprint density at radius 2 is 2.10 bits per heavy atom. The number of alkyl halides is 2. The zero-order valence-corrected chi connectivity index (χ0v) is 16.3. The first-order chi connectivity index (χ1) is 13.6. The van der Waals surface area contributed by atoms with Crippen molar-refractivity contribution >= 4 is 34.5 Å². The third kappa shape index (κ3) is 3.45. The molecule has 1 atom stereocenters. The normalized spacial score (nSPS) is 13.8. The number of fused-ring (bicyclic) bond motifs is 1. The number of aliphatic hydroxyl groups is 1. The summed E-state index contributed by atoms with van der Waals surface area (Å²) in [7, 11) is 2.84. The molecule has 2 aromatic carbocycles. The van der Waals surface area contributed by atoms with E-state index in [1.807, 2.05) is 0 Å². The maximum atomic E-state index is 13.9. The van der Waals surface area contributed by atoms with Gasteiger partial charge in [-0.2, -0.15) is 5.10 Å². The van der Waals surface area contributed by atoms with Crippen LogP contribution in [0.2, 0.25) is 5.02 Å². The first-order valence-corrected chi connectivity index (χ1v) is 8.90. The summed E-state index contributed by atoms with van der Waals surface area (Å²) in [6.45, 7) is 0. The number of carbonyl (C=O) groups excluding carboxylic acids is 1. The number of benzene rings is 2. The van der Waals surface area contributed by atoms with Crippen LogP contribution >= 0.6 is 11.6 Å². The van der Waals surface area contributed by atoms with Crippen LogP contribution < -0.4 is 11.1 Å². The highest BCUT2D eigenvalue weighted by Gasteiger charge is 2.38. The molecular weight excluding hydrogens is 409 g/mol. The van der Waals surface area contributed by atoms with E-state index in [1.54, 1.807) is 0 Å². The fourth-order valence-corrected chi connectivity index (χ4v) is 3.76. The van der Waals surface area contributed by atoms with Crippen LogP contribution in [0.1, 0.15) is 27.2 Å². The number of nitrogen functional groups attached to an aromatic ring is 1. The molecule has 0 fully saturated rings. The Morgan fingerprint density at radius 1 is 1.41 bits per heavy atom. The van der Waals surface area contributed by atoms with E-state index in [9.17, 15) is 23.1 Å². The van der Waals surface area contributed by atoms with Gasteiger partial charge in [-0.3, -0.25) is 14.8 Å². The van der Waals surface area contributed by atoms with E-state index in [4.69, 9.17) is 17.3 Å². The minimum atomic E-state index is -2.63. The van der Waals surface area contributed by atoms with E-state index < -0.39 is 24.4 Å². The molecule has 154 valence electrons. The molecule has 3 rings (SSSR count). The quantitative estimate of drug-likeness (QED) is 0.320. The lowest BCUT2D eigenvalue weighted by Gasteiger charge is -2.32. The minimum absolute atomic E-state index is 0.0269. The summed E-state index contributed by atoms with van der Waals surface area (Å²) in [5.41, 5.74) is 3.91. The van der Waals surface area contributed by atoms with Crippen molar-refractivity contribution in [3.05, 3.63) is 57.5 Å². The monoisotopic (exact) mass is 426 g/mol. The Bertz CT molecular complexity index is 1100. The maximum absolute atomic E-state index is 13.9. The number of aldehydes is 1. The number of aryl methyl sites for hydroxylation is 1. The van der Waals surface area contributed by atoms with Gasteiger partial charge in [0, 0.05) is 34.3 Å². The number of nitrogens with one attached hydrogen (secondary N) is 1. The average molecular weight is 427 g/mol. The molecule has 1 heterocycles. The molecule has 1 unspecified atom stereocenters. The van der Waals surface area contributed by atoms with Gasteiger partial charge in [-0.15, -0.1) is 0 Å². The predicted octanol–water partition coefficient (Wildman–Crippen LogP) is 2.98. The highest BCUT2D eigenvalue weighted by Crippen LogP contribution is 2.40. The average Bonchev–Trinajstić information content (AvgIpc) is 2.96. The summed E-state index contributed by atoms with van der Waals surface area (Å²) >= 11 is 6.16. The number of nitrogens with zero attached hydrogens (tertiary/aromatic N) is 2. The molecule has 0 radical (unpaired) electrons. The van der Waals surface area contributed by atoms with Crippen molar-refractivity contribution in [2.75, 3.05) is 12.8 Å². The van der Waals surface area contributed by atoms with Gasteiger partial charge in [-0.05, 0) is 31.3 Å². The summed E-state index contributed by atoms with van der Waals surface area (Å²) in [5, 5.41) is 18.5. The summed E-state index contributed by atoms with van der Waals surface area (Å²) in [6.07, 6.45) is -2.80.